The first-order valence-electron chi connectivity index (χ1n) is 6.04. The summed E-state index contributed by atoms with van der Waals surface area (Å²) in [6.45, 7) is 2.52. The molecule has 0 radical (unpaired) electrons. The summed E-state index contributed by atoms with van der Waals surface area (Å²) in [6.07, 6.45) is 0. The molecule has 0 aliphatic heterocycles. The minimum Gasteiger partial charge on any atom is -0.207 e. The van der Waals surface area contributed by atoms with Crippen LogP contribution in [0.1, 0.15) is 11.8 Å². The highest BCUT2D eigenvalue weighted by Gasteiger charge is 2.26. The molecule has 0 fully saturated rings. The van der Waals surface area contributed by atoms with Crippen LogP contribution in [0.3, 0.4) is 0 Å². The van der Waals surface area contributed by atoms with Crippen LogP contribution in [0.25, 0.3) is 0 Å². The van der Waals surface area contributed by atoms with E-state index in [9.17, 15) is 8.42 Å². The fraction of sp³-hybridized carbons (Fsp3) is 0.231. The monoisotopic (exact) mass is 471 g/mol. The van der Waals surface area contributed by atoms with Gasteiger partial charge in [-0.2, -0.15) is 4.31 Å². The number of halogens is 3. The molecule has 0 unspecified atom stereocenters. The van der Waals surface area contributed by atoms with Gasteiger partial charge in [-0.1, -0.05) is 34.5 Å². The molecule has 0 amide bonds. The summed E-state index contributed by atoms with van der Waals surface area (Å²) >= 11 is 13.9. The molecule has 1 heterocycles. The van der Waals surface area contributed by atoms with E-state index in [1.807, 2.05) is 13.0 Å². The molecule has 0 saturated heterocycles. The summed E-state index contributed by atoms with van der Waals surface area (Å²) in [5.41, 5.74) is 0. The highest BCUT2D eigenvalue weighted by atomic mass is 79.9. The summed E-state index contributed by atoms with van der Waals surface area (Å²) in [6, 6.07) is 8.73. The molecule has 1 aromatic heterocycles. The Morgan fingerprint density at radius 1 is 1.24 bits per heavy atom. The average Bonchev–Trinajstić information content (AvgIpc) is 2.84. The summed E-state index contributed by atoms with van der Waals surface area (Å²) in [5, 5.41) is 0. The van der Waals surface area contributed by atoms with E-state index in [2.05, 4.69) is 31.9 Å². The van der Waals surface area contributed by atoms with Crippen LogP contribution in [0.2, 0.25) is 4.34 Å². The van der Waals surface area contributed by atoms with Crippen LogP contribution in [0.4, 0.5) is 0 Å². The standard InChI is InChI=1S/C13H12Br2ClNO2S2/c1-2-17(8-10-4-6-13(16)20-10)21(18,19)12-7-9(14)3-5-11(12)15/h3-7H,2,8H2,1H3. The normalized spacial score (nSPS) is 12.0. The lowest BCUT2D eigenvalue weighted by molar-refractivity contribution is 0.426. The van der Waals surface area contributed by atoms with Gasteiger partial charge in [0.05, 0.1) is 9.23 Å². The van der Waals surface area contributed by atoms with Crippen molar-refractivity contribution in [2.45, 2.75) is 18.4 Å². The molecule has 0 bridgehead atoms. The van der Waals surface area contributed by atoms with Crippen LogP contribution in [0.5, 0.6) is 0 Å². The SMILES string of the molecule is CCN(Cc1ccc(Cl)s1)S(=O)(=O)c1cc(Br)ccc1Br. The Balaban J connectivity index is 2.37. The molecule has 0 aliphatic carbocycles. The lowest BCUT2D eigenvalue weighted by Gasteiger charge is -2.20. The second-order valence-electron chi connectivity index (χ2n) is 4.21. The van der Waals surface area contributed by atoms with Gasteiger partial charge in [0.2, 0.25) is 10.0 Å². The van der Waals surface area contributed by atoms with Crippen LogP contribution in [-0.2, 0) is 16.6 Å². The van der Waals surface area contributed by atoms with Gasteiger partial charge in [0.25, 0.3) is 0 Å². The summed E-state index contributed by atoms with van der Waals surface area (Å²) < 4.78 is 28.9. The maximum Gasteiger partial charge on any atom is 0.244 e. The van der Waals surface area contributed by atoms with E-state index in [1.54, 1.807) is 24.3 Å². The fourth-order valence-electron chi connectivity index (χ4n) is 1.79. The third kappa shape index (κ3) is 4.09. The Morgan fingerprint density at radius 3 is 2.52 bits per heavy atom. The number of nitrogens with zero attached hydrogens (tertiary/aromatic N) is 1. The quantitative estimate of drug-likeness (QED) is 0.603. The van der Waals surface area contributed by atoms with Crippen molar-refractivity contribution in [3.05, 3.63) is 48.5 Å². The molecular formula is C13H12Br2ClNO2S2. The predicted molar refractivity (Wildman–Crippen MR) is 94.4 cm³/mol. The molecule has 0 atom stereocenters. The lowest BCUT2D eigenvalue weighted by atomic mass is 10.4. The Kier molecular flexibility index (Phi) is 5.90. The van der Waals surface area contributed by atoms with Crippen molar-refractivity contribution in [2.75, 3.05) is 6.54 Å². The number of benzene rings is 1. The van der Waals surface area contributed by atoms with Gasteiger partial charge < -0.3 is 0 Å². The van der Waals surface area contributed by atoms with Gasteiger partial charge >= 0.3 is 0 Å². The van der Waals surface area contributed by atoms with Crippen LogP contribution < -0.4 is 0 Å². The Labute approximate surface area is 150 Å². The summed E-state index contributed by atoms with van der Waals surface area (Å²) in [4.78, 5) is 1.16. The molecule has 3 nitrogen and oxygen atoms in total. The maximum absolute atomic E-state index is 12.8. The van der Waals surface area contributed by atoms with Crippen molar-refractivity contribution in [3.8, 4) is 0 Å². The van der Waals surface area contributed by atoms with Gasteiger partial charge in [-0.15, -0.1) is 11.3 Å². The zero-order chi connectivity index (χ0) is 15.6. The smallest absolute Gasteiger partial charge is 0.207 e. The third-order valence-corrected chi connectivity index (χ3v) is 7.45. The molecule has 114 valence electrons. The van der Waals surface area contributed by atoms with Gasteiger partial charge in [-0.05, 0) is 46.3 Å². The maximum atomic E-state index is 12.8. The Morgan fingerprint density at radius 2 is 1.95 bits per heavy atom. The van der Waals surface area contributed by atoms with Crippen molar-refractivity contribution in [2.24, 2.45) is 0 Å². The van der Waals surface area contributed by atoms with Gasteiger partial charge in [-0.3, -0.25) is 0 Å². The first-order valence-corrected chi connectivity index (χ1v) is 10.3. The van der Waals surface area contributed by atoms with Crippen LogP contribution in [0.15, 0.2) is 44.2 Å². The van der Waals surface area contributed by atoms with Crippen LogP contribution in [0, 0.1) is 0 Å². The van der Waals surface area contributed by atoms with E-state index in [0.29, 0.717) is 21.9 Å². The van der Waals surface area contributed by atoms with Gasteiger partial charge in [0, 0.05) is 26.9 Å². The van der Waals surface area contributed by atoms with E-state index in [1.165, 1.54) is 15.6 Å². The number of rotatable bonds is 5. The second-order valence-corrected chi connectivity index (χ2v) is 9.69. The van der Waals surface area contributed by atoms with Gasteiger partial charge in [-0.25, -0.2) is 8.42 Å². The van der Waals surface area contributed by atoms with E-state index in [4.69, 9.17) is 11.6 Å². The lowest BCUT2D eigenvalue weighted by Crippen LogP contribution is -2.30. The van der Waals surface area contributed by atoms with Crippen molar-refractivity contribution in [1.29, 1.82) is 0 Å². The molecule has 0 spiro atoms. The second kappa shape index (κ2) is 7.10. The van der Waals surface area contributed by atoms with Gasteiger partial charge in [0.15, 0.2) is 0 Å². The molecule has 0 saturated carbocycles. The van der Waals surface area contributed by atoms with Crippen molar-refractivity contribution in [3.63, 3.8) is 0 Å². The van der Waals surface area contributed by atoms with Crippen molar-refractivity contribution in [1.82, 2.24) is 4.31 Å². The fourth-order valence-corrected chi connectivity index (χ4v) is 5.87. The zero-order valence-electron chi connectivity index (χ0n) is 11.0. The molecule has 2 aromatic rings. The molecular weight excluding hydrogens is 462 g/mol. The topological polar surface area (TPSA) is 37.4 Å². The van der Waals surface area contributed by atoms with Gasteiger partial charge in [0.1, 0.15) is 0 Å². The van der Waals surface area contributed by atoms with E-state index < -0.39 is 10.0 Å². The highest BCUT2D eigenvalue weighted by Crippen LogP contribution is 2.30. The molecule has 8 heteroatoms. The third-order valence-electron chi connectivity index (χ3n) is 2.82. The predicted octanol–water partition coefficient (Wildman–Crippen LogP) is 5.14. The average molecular weight is 474 g/mol. The van der Waals surface area contributed by atoms with Crippen LogP contribution >= 0.6 is 54.8 Å². The van der Waals surface area contributed by atoms with E-state index in [0.717, 1.165) is 9.35 Å². The van der Waals surface area contributed by atoms with Crippen molar-refractivity contribution >= 4 is 64.8 Å². The number of sulfonamides is 1. The molecule has 2 rings (SSSR count). The Bertz CT molecular complexity index is 746. The highest BCUT2D eigenvalue weighted by molar-refractivity contribution is 9.11. The van der Waals surface area contributed by atoms with E-state index in [-0.39, 0.29) is 4.90 Å². The summed E-state index contributed by atoms with van der Waals surface area (Å²) in [5.74, 6) is 0. The Hall–Kier alpha value is 0.0800. The molecule has 0 N–H and O–H groups in total. The van der Waals surface area contributed by atoms with Crippen molar-refractivity contribution < 1.29 is 8.42 Å². The number of hydrogen-bond acceptors (Lipinski definition) is 3. The molecule has 1 aromatic carbocycles. The molecule has 0 aliphatic rings. The van der Waals surface area contributed by atoms with Crippen LogP contribution in [-0.4, -0.2) is 19.3 Å². The number of thiophene rings is 1. The summed E-state index contributed by atoms with van der Waals surface area (Å²) in [7, 11) is -3.57. The van der Waals surface area contributed by atoms with E-state index >= 15 is 0 Å². The largest absolute Gasteiger partial charge is 0.244 e. The number of hydrogen-bond donors (Lipinski definition) is 0. The zero-order valence-corrected chi connectivity index (χ0v) is 16.6. The minimum atomic E-state index is -3.57. The first kappa shape index (κ1) is 17.4. The minimum absolute atomic E-state index is 0.251. The molecule has 21 heavy (non-hydrogen) atoms. The first-order chi connectivity index (χ1) is 9.84.